The summed E-state index contributed by atoms with van der Waals surface area (Å²) in [6.07, 6.45) is -4.56. The van der Waals surface area contributed by atoms with Gasteiger partial charge in [-0.05, 0) is 18.2 Å². The summed E-state index contributed by atoms with van der Waals surface area (Å²) in [6, 6.07) is 2.97. The Morgan fingerprint density at radius 3 is 2.24 bits per heavy atom. The summed E-state index contributed by atoms with van der Waals surface area (Å²) in [5, 5.41) is 0. The van der Waals surface area contributed by atoms with E-state index in [-0.39, 0.29) is 10.2 Å². The van der Waals surface area contributed by atoms with Gasteiger partial charge < -0.3 is 4.74 Å². The molecular formula is C10H8BrF5O. The van der Waals surface area contributed by atoms with Crippen molar-refractivity contribution >= 4 is 15.9 Å². The summed E-state index contributed by atoms with van der Waals surface area (Å²) >= 11 is 2.73. The molecule has 0 heterocycles. The predicted molar refractivity (Wildman–Crippen MR) is 55.3 cm³/mol. The average molecular weight is 319 g/mol. The maximum absolute atomic E-state index is 12.5. The van der Waals surface area contributed by atoms with Crippen molar-refractivity contribution in [2.24, 2.45) is 0 Å². The van der Waals surface area contributed by atoms with Gasteiger partial charge in [-0.15, -0.1) is 0 Å². The molecule has 0 radical (unpaired) electrons. The average Bonchev–Trinajstić information content (AvgIpc) is 2.13. The molecule has 17 heavy (non-hydrogen) atoms. The number of benzene rings is 1. The number of alkyl halides is 5. The van der Waals surface area contributed by atoms with Gasteiger partial charge in [0, 0.05) is 11.4 Å². The first-order valence-corrected chi connectivity index (χ1v) is 5.26. The number of hydrogen-bond acceptors (Lipinski definition) is 1. The molecule has 0 saturated carbocycles. The summed E-state index contributed by atoms with van der Waals surface area (Å²) in [4.78, 5) is 0. The third kappa shape index (κ3) is 4.49. The molecule has 0 bridgehead atoms. The lowest BCUT2D eigenvalue weighted by molar-refractivity contribution is -0.138. The fourth-order valence-electron chi connectivity index (χ4n) is 1.02. The van der Waals surface area contributed by atoms with Crippen LogP contribution < -0.4 is 4.74 Å². The first kappa shape index (κ1) is 14.2. The van der Waals surface area contributed by atoms with Gasteiger partial charge in [0.15, 0.2) is 6.61 Å². The third-order valence-electron chi connectivity index (χ3n) is 1.74. The van der Waals surface area contributed by atoms with Crippen molar-refractivity contribution in [2.75, 3.05) is 6.61 Å². The maximum atomic E-state index is 12.5. The molecular weight excluding hydrogens is 311 g/mol. The molecule has 0 amide bonds. The Hall–Kier alpha value is -0.850. The van der Waals surface area contributed by atoms with E-state index in [0.717, 1.165) is 6.07 Å². The van der Waals surface area contributed by atoms with E-state index in [1.807, 2.05) is 0 Å². The molecule has 1 rings (SSSR count). The van der Waals surface area contributed by atoms with Crippen LogP contribution in [0.1, 0.15) is 12.5 Å². The molecule has 1 aromatic carbocycles. The van der Waals surface area contributed by atoms with Crippen molar-refractivity contribution in [2.45, 2.75) is 19.0 Å². The fraction of sp³-hybridized carbons (Fsp3) is 0.400. The molecule has 0 N–H and O–H groups in total. The molecule has 0 saturated heterocycles. The predicted octanol–water partition coefficient (Wildman–Crippen LogP) is 4.50. The van der Waals surface area contributed by atoms with E-state index in [1.54, 1.807) is 0 Å². The zero-order chi connectivity index (χ0) is 13.3. The number of rotatable bonds is 3. The topological polar surface area (TPSA) is 9.23 Å². The number of ether oxygens (including phenoxy) is 1. The first-order chi connectivity index (χ1) is 7.59. The van der Waals surface area contributed by atoms with Gasteiger partial charge in [-0.2, -0.15) is 13.2 Å². The zero-order valence-corrected chi connectivity index (χ0v) is 10.2. The van der Waals surface area contributed by atoms with Gasteiger partial charge in [-0.1, -0.05) is 15.9 Å². The molecule has 0 unspecified atom stereocenters. The lowest BCUT2D eigenvalue weighted by Crippen LogP contribution is -2.21. The van der Waals surface area contributed by atoms with Crippen LogP contribution in [0.15, 0.2) is 22.7 Å². The minimum absolute atomic E-state index is 0.166. The van der Waals surface area contributed by atoms with Crippen LogP contribution >= 0.6 is 15.9 Å². The molecule has 1 aromatic rings. The maximum Gasteiger partial charge on any atom is 0.417 e. The second-order valence-corrected chi connectivity index (χ2v) is 4.35. The van der Waals surface area contributed by atoms with Crippen LogP contribution in [0.25, 0.3) is 0 Å². The van der Waals surface area contributed by atoms with Crippen molar-refractivity contribution in [1.29, 1.82) is 0 Å². The normalized spacial score (nSPS) is 12.6. The van der Waals surface area contributed by atoms with Crippen LogP contribution in [0.5, 0.6) is 5.75 Å². The molecule has 7 heteroatoms. The Kier molecular flexibility index (Phi) is 4.01. The van der Waals surface area contributed by atoms with Crippen molar-refractivity contribution in [3.8, 4) is 5.75 Å². The van der Waals surface area contributed by atoms with E-state index in [0.29, 0.717) is 13.0 Å². The number of halogens is 6. The van der Waals surface area contributed by atoms with Crippen LogP contribution in [0.4, 0.5) is 22.0 Å². The van der Waals surface area contributed by atoms with Crippen LogP contribution in [-0.2, 0) is 6.18 Å². The summed E-state index contributed by atoms with van der Waals surface area (Å²) in [5.74, 6) is -3.34. The Morgan fingerprint density at radius 1 is 1.18 bits per heavy atom. The Bertz CT molecular complexity index is 397. The smallest absolute Gasteiger partial charge is 0.417 e. The lowest BCUT2D eigenvalue weighted by Gasteiger charge is -2.14. The highest BCUT2D eigenvalue weighted by molar-refractivity contribution is 9.10. The SMILES string of the molecule is CC(F)(F)COc1ccc(Br)c(C(F)(F)F)c1. The zero-order valence-electron chi connectivity index (χ0n) is 8.62. The Balaban J connectivity index is 2.90. The highest BCUT2D eigenvalue weighted by Crippen LogP contribution is 2.37. The van der Waals surface area contributed by atoms with E-state index >= 15 is 0 Å². The van der Waals surface area contributed by atoms with Gasteiger partial charge in [0.25, 0.3) is 5.92 Å². The largest absolute Gasteiger partial charge is 0.487 e. The molecule has 0 fully saturated rings. The molecule has 0 aliphatic carbocycles. The van der Waals surface area contributed by atoms with Crippen molar-refractivity contribution in [3.63, 3.8) is 0 Å². The minimum Gasteiger partial charge on any atom is -0.487 e. The second kappa shape index (κ2) is 4.80. The van der Waals surface area contributed by atoms with Gasteiger partial charge >= 0.3 is 6.18 Å². The highest BCUT2D eigenvalue weighted by atomic mass is 79.9. The summed E-state index contributed by atoms with van der Waals surface area (Å²) in [6.45, 7) is -0.345. The highest BCUT2D eigenvalue weighted by Gasteiger charge is 2.33. The monoisotopic (exact) mass is 318 g/mol. The van der Waals surface area contributed by atoms with Crippen LogP contribution in [0.3, 0.4) is 0 Å². The van der Waals surface area contributed by atoms with E-state index in [2.05, 4.69) is 20.7 Å². The Morgan fingerprint density at radius 2 is 1.76 bits per heavy atom. The standard InChI is InChI=1S/C10H8BrF5O/c1-9(12,13)5-17-6-2-3-8(11)7(4-6)10(14,15)16/h2-4H,5H2,1H3. The molecule has 0 aliphatic rings. The van der Waals surface area contributed by atoms with Crippen molar-refractivity contribution in [1.82, 2.24) is 0 Å². The summed E-state index contributed by atoms with van der Waals surface area (Å²) in [7, 11) is 0. The van der Waals surface area contributed by atoms with Crippen LogP contribution in [0, 0.1) is 0 Å². The molecule has 0 aliphatic heterocycles. The van der Waals surface area contributed by atoms with E-state index in [1.165, 1.54) is 6.07 Å². The van der Waals surface area contributed by atoms with Gasteiger partial charge in [0.2, 0.25) is 0 Å². The summed E-state index contributed by atoms with van der Waals surface area (Å²) in [5.41, 5.74) is -0.964. The van der Waals surface area contributed by atoms with Crippen LogP contribution in [-0.4, -0.2) is 12.5 Å². The minimum atomic E-state index is -4.56. The quantitative estimate of drug-likeness (QED) is 0.745. The second-order valence-electron chi connectivity index (χ2n) is 3.50. The first-order valence-electron chi connectivity index (χ1n) is 4.47. The van der Waals surface area contributed by atoms with E-state index in [9.17, 15) is 22.0 Å². The number of hydrogen-bond donors (Lipinski definition) is 0. The fourth-order valence-corrected chi connectivity index (χ4v) is 1.49. The molecule has 96 valence electrons. The third-order valence-corrected chi connectivity index (χ3v) is 2.43. The van der Waals surface area contributed by atoms with Crippen molar-refractivity contribution in [3.05, 3.63) is 28.2 Å². The van der Waals surface area contributed by atoms with Crippen LogP contribution in [0.2, 0.25) is 0 Å². The molecule has 0 aromatic heterocycles. The van der Waals surface area contributed by atoms with Gasteiger partial charge in [-0.25, -0.2) is 8.78 Å². The van der Waals surface area contributed by atoms with E-state index in [4.69, 9.17) is 0 Å². The Labute approximate surface area is 103 Å². The molecule has 0 spiro atoms. The molecule has 1 nitrogen and oxygen atoms in total. The lowest BCUT2D eigenvalue weighted by atomic mass is 10.2. The van der Waals surface area contributed by atoms with Gasteiger partial charge in [0.05, 0.1) is 5.56 Å². The van der Waals surface area contributed by atoms with Gasteiger partial charge in [-0.3, -0.25) is 0 Å². The summed E-state index contributed by atoms with van der Waals surface area (Å²) < 4.78 is 66.8. The van der Waals surface area contributed by atoms with Gasteiger partial charge in [0.1, 0.15) is 5.75 Å². The van der Waals surface area contributed by atoms with Crippen molar-refractivity contribution < 1.29 is 26.7 Å². The molecule has 0 atom stereocenters. The van der Waals surface area contributed by atoms with E-state index < -0.39 is 24.3 Å².